The number of nitrogens with zero attached hydrogens (tertiary/aromatic N) is 1. The van der Waals surface area contributed by atoms with E-state index in [4.69, 9.17) is 0 Å². The minimum Gasteiger partial charge on any atom is -0.365 e. The van der Waals surface area contributed by atoms with Gasteiger partial charge in [-0.25, -0.2) is 4.98 Å². The smallest absolute Gasteiger partial charge is 0.0709 e. The van der Waals surface area contributed by atoms with Gasteiger partial charge in [0, 0.05) is 22.7 Å². The molecule has 4 rings (SSSR count). The second-order valence-electron chi connectivity index (χ2n) is 4.73. The number of aryl methyl sites for hydroxylation is 1. The molecule has 1 N–H and O–H groups in total. The third-order valence-electron chi connectivity index (χ3n) is 3.18. The molecule has 0 saturated heterocycles. The minimum absolute atomic E-state index is 1.06. The average molecular weight is 260 g/mol. The third kappa shape index (κ3) is 2.69. The molecule has 0 bridgehead atoms. The monoisotopic (exact) mass is 260 g/mol. The van der Waals surface area contributed by atoms with Crippen LogP contribution in [0.15, 0.2) is 72.9 Å². The molecule has 4 aromatic rings. The Morgan fingerprint density at radius 1 is 0.750 bits per heavy atom. The van der Waals surface area contributed by atoms with E-state index in [0.717, 1.165) is 11.0 Å². The summed E-state index contributed by atoms with van der Waals surface area (Å²) in [6.07, 6.45) is 1.91. The lowest BCUT2D eigenvalue weighted by Crippen LogP contribution is -1.80. The topological polar surface area (TPSA) is 28.7 Å². The Hall–Kier alpha value is -2.61. The van der Waals surface area contributed by atoms with E-state index in [1.165, 1.54) is 16.5 Å². The van der Waals surface area contributed by atoms with Crippen molar-refractivity contribution in [1.29, 1.82) is 0 Å². The number of para-hydroxylation sites is 2. The molecule has 0 aliphatic rings. The fourth-order valence-electron chi connectivity index (χ4n) is 2.14. The van der Waals surface area contributed by atoms with Crippen LogP contribution in [-0.2, 0) is 0 Å². The highest BCUT2D eigenvalue weighted by Crippen LogP contribution is 2.18. The molecule has 98 valence electrons. The summed E-state index contributed by atoms with van der Waals surface area (Å²) < 4.78 is 0. The molecule has 2 nitrogen and oxygen atoms in total. The summed E-state index contributed by atoms with van der Waals surface area (Å²) >= 11 is 0. The number of rotatable bonds is 0. The summed E-state index contributed by atoms with van der Waals surface area (Å²) in [7, 11) is 0. The van der Waals surface area contributed by atoms with Crippen molar-refractivity contribution in [3.8, 4) is 0 Å². The molecule has 0 unspecified atom stereocenters. The predicted molar refractivity (Wildman–Crippen MR) is 84.8 cm³/mol. The van der Waals surface area contributed by atoms with Crippen molar-refractivity contribution in [1.82, 2.24) is 9.97 Å². The lowest BCUT2D eigenvalue weighted by molar-refractivity contribution is 1.27. The quantitative estimate of drug-likeness (QED) is 0.456. The number of pyridine rings is 1. The van der Waals surface area contributed by atoms with E-state index < -0.39 is 0 Å². The number of hydrogen-bond acceptors (Lipinski definition) is 1. The third-order valence-corrected chi connectivity index (χ3v) is 3.18. The first-order valence-electron chi connectivity index (χ1n) is 6.67. The van der Waals surface area contributed by atoms with Gasteiger partial charge in [0.15, 0.2) is 0 Å². The van der Waals surface area contributed by atoms with Crippen LogP contribution in [0.5, 0.6) is 0 Å². The summed E-state index contributed by atoms with van der Waals surface area (Å²) in [5.74, 6) is 0. The van der Waals surface area contributed by atoms with Gasteiger partial charge in [-0.3, -0.25) is 0 Å². The van der Waals surface area contributed by atoms with E-state index in [1.54, 1.807) is 0 Å². The molecule has 0 aliphatic carbocycles. The maximum absolute atomic E-state index is 4.58. The van der Waals surface area contributed by atoms with E-state index in [2.05, 4.69) is 28.2 Å². The van der Waals surface area contributed by atoms with Gasteiger partial charge in [-0.2, -0.15) is 0 Å². The lowest BCUT2D eigenvalue weighted by atomic mass is 10.1. The molecule has 0 saturated carbocycles. The van der Waals surface area contributed by atoms with Crippen molar-refractivity contribution >= 4 is 21.8 Å². The molecule has 2 aromatic heterocycles. The zero-order valence-electron chi connectivity index (χ0n) is 11.4. The minimum atomic E-state index is 1.06. The molecule has 2 aromatic carbocycles. The highest BCUT2D eigenvalue weighted by molar-refractivity contribution is 5.92. The molecule has 2 heteroatoms. The van der Waals surface area contributed by atoms with Crippen LogP contribution in [-0.4, -0.2) is 9.97 Å². The van der Waals surface area contributed by atoms with Crippen LogP contribution >= 0.6 is 0 Å². The molecule has 0 aliphatic heterocycles. The van der Waals surface area contributed by atoms with E-state index in [9.17, 15) is 0 Å². The number of H-pyrrole nitrogens is 1. The number of nitrogens with one attached hydrogen (secondary N) is 1. The van der Waals surface area contributed by atoms with Crippen LogP contribution in [0.2, 0.25) is 0 Å². The Morgan fingerprint density at radius 3 is 1.80 bits per heavy atom. The Morgan fingerprint density at radius 2 is 1.35 bits per heavy atom. The van der Waals surface area contributed by atoms with E-state index in [-0.39, 0.29) is 0 Å². The van der Waals surface area contributed by atoms with Crippen LogP contribution < -0.4 is 0 Å². The zero-order chi connectivity index (χ0) is 13.8. The first-order chi connectivity index (χ1) is 9.83. The maximum Gasteiger partial charge on any atom is 0.0709 e. The van der Waals surface area contributed by atoms with E-state index in [1.807, 2.05) is 61.7 Å². The van der Waals surface area contributed by atoms with Gasteiger partial charge in [0.05, 0.1) is 11.0 Å². The average Bonchev–Trinajstić information content (AvgIpc) is 2.97. The molecule has 0 amide bonds. The van der Waals surface area contributed by atoms with Gasteiger partial charge in [0.1, 0.15) is 0 Å². The fraction of sp³-hybridized carbons (Fsp3) is 0.0556. The molecule has 0 fully saturated rings. The molecular weight excluding hydrogens is 244 g/mol. The zero-order valence-corrected chi connectivity index (χ0v) is 11.4. The van der Waals surface area contributed by atoms with Crippen LogP contribution in [0.3, 0.4) is 0 Å². The first-order valence-corrected chi connectivity index (χ1v) is 6.67. The SMILES string of the molecule is Cc1ccc[nH]1.c1ccc2nc3ccccc3cc2c1. The molecule has 2 heterocycles. The Labute approximate surface area is 118 Å². The number of benzene rings is 2. The Kier molecular flexibility index (Phi) is 3.46. The summed E-state index contributed by atoms with van der Waals surface area (Å²) in [6, 6.07) is 22.6. The number of aromatic nitrogens is 2. The van der Waals surface area contributed by atoms with Crippen LogP contribution in [0.25, 0.3) is 21.8 Å². The van der Waals surface area contributed by atoms with Crippen molar-refractivity contribution in [3.63, 3.8) is 0 Å². The van der Waals surface area contributed by atoms with Gasteiger partial charge >= 0.3 is 0 Å². The van der Waals surface area contributed by atoms with Gasteiger partial charge in [0.2, 0.25) is 0 Å². The summed E-state index contributed by atoms with van der Waals surface area (Å²) in [6.45, 7) is 2.03. The van der Waals surface area contributed by atoms with Crippen LogP contribution in [0.1, 0.15) is 5.69 Å². The van der Waals surface area contributed by atoms with Crippen molar-refractivity contribution in [2.24, 2.45) is 0 Å². The Balaban J connectivity index is 0.000000170. The fourth-order valence-corrected chi connectivity index (χ4v) is 2.14. The first kappa shape index (κ1) is 12.4. The van der Waals surface area contributed by atoms with Crippen LogP contribution in [0, 0.1) is 6.92 Å². The summed E-state index contributed by atoms with van der Waals surface area (Å²) in [5.41, 5.74) is 3.34. The van der Waals surface area contributed by atoms with Crippen LogP contribution in [0.4, 0.5) is 0 Å². The van der Waals surface area contributed by atoms with E-state index in [0.29, 0.717) is 0 Å². The largest absolute Gasteiger partial charge is 0.365 e. The second kappa shape index (κ2) is 5.57. The summed E-state index contributed by atoms with van der Waals surface area (Å²) in [4.78, 5) is 7.58. The molecular formula is C18H16N2. The van der Waals surface area contributed by atoms with Gasteiger partial charge in [0.25, 0.3) is 0 Å². The van der Waals surface area contributed by atoms with E-state index >= 15 is 0 Å². The number of fused-ring (bicyclic) bond motifs is 2. The van der Waals surface area contributed by atoms with Gasteiger partial charge in [-0.1, -0.05) is 36.4 Å². The van der Waals surface area contributed by atoms with Gasteiger partial charge < -0.3 is 4.98 Å². The molecule has 0 atom stereocenters. The maximum atomic E-state index is 4.58. The molecule has 20 heavy (non-hydrogen) atoms. The predicted octanol–water partition coefficient (Wildman–Crippen LogP) is 4.71. The van der Waals surface area contributed by atoms with Crippen molar-refractivity contribution in [2.75, 3.05) is 0 Å². The normalized spacial score (nSPS) is 10.2. The lowest BCUT2D eigenvalue weighted by Gasteiger charge is -1.99. The second-order valence-corrected chi connectivity index (χ2v) is 4.73. The highest BCUT2D eigenvalue weighted by atomic mass is 14.7. The number of aromatic amines is 1. The summed E-state index contributed by atoms with van der Waals surface area (Å²) in [5, 5.41) is 2.40. The van der Waals surface area contributed by atoms with Crippen molar-refractivity contribution in [2.45, 2.75) is 6.92 Å². The van der Waals surface area contributed by atoms with Gasteiger partial charge in [-0.05, 0) is 37.3 Å². The highest BCUT2D eigenvalue weighted by Gasteiger charge is 1.96. The van der Waals surface area contributed by atoms with Crippen molar-refractivity contribution < 1.29 is 0 Å². The molecule has 0 radical (unpaired) electrons. The Bertz CT molecular complexity index is 712. The van der Waals surface area contributed by atoms with Gasteiger partial charge in [-0.15, -0.1) is 0 Å². The standard InChI is InChI=1S/C13H9N.C5H7N/c1-3-7-12-10(5-1)9-11-6-2-4-8-13(11)14-12;1-5-3-2-4-6-5/h1-9H;2-4,6H,1H3. The molecule has 0 spiro atoms. The number of hydrogen-bond donors (Lipinski definition) is 1. The van der Waals surface area contributed by atoms with Crippen molar-refractivity contribution in [3.05, 3.63) is 78.6 Å².